The molecule has 2 aromatic carbocycles. The third kappa shape index (κ3) is 4.02. The van der Waals surface area contributed by atoms with E-state index in [0.717, 1.165) is 22.6 Å². The van der Waals surface area contributed by atoms with Crippen molar-refractivity contribution in [2.75, 3.05) is 20.2 Å². The molecule has 0 bridgehead atoms. The van der Waals surface area contributed by atoms with Crippen LogP contribution in [0.2, 0.25) is 0 Å². The van der Waals surface area contributed by atoms with Crippen LogP contribution in [0.5, 0.6) is 11.5 Å². The second-order valence-corrected chi connectivity index (χ2v) is 8.57. The van der Waals surface area contributed by atoms with Crippen molar-refractivity contribution in [2.45, 2.75) is 37.7 Å². The van der Waals surface area contributed by atoms with E-state index in [2.05, 4.69) is 0 Å². The number of aryl methyl sites for hydroxylation is 2. The highest BCUT2D eigenvalue weighted by molar-refractivity contribution is 7.89. The molecule has 0 saturated carbocycles. The summed E-state index contributed by atoms with van der Waals surface area (Å²) in [6.07, 6.45) is 1.38. The average Bonchev–Trinajstić information content (AvgIpc) is 2.62. The van der Waals surface area contributed by atoms with E-state index in [1.165, 1.54) is 0 Å². The van der Waals surface area contributed by atoms with Crippen molar-refractivity contribution in [1.29, 1.82) is 0 Å². The maximum atomic E-state index is 12.9. The number of nitrogens with zero attached hydrogens (tertiary/aromatic N) is 1. The predicted molar refractivity (Wildman–Crippen MR) is 101 cm³/mol. The smallest absolute Gasteiger partial charge is 0.243 e. The SMILES string of the molecule is COc1ccc(OC2CCN(S(=O)(=O)c3ccc(C)cc3C)CC2)cc1. The maximum Gasteiger partial charge on any atom is 0.243 e. The summed E-state index contributed by atoms with van der Waals surface area (Å²) in [6.45, 7) is 4.75. The van der Waals surface area contributed by atoms with Crippen LogP contribution < -0.4 is 9.47 Å². The Hall–Kier alpha value is -2.05. The van der Waals surface area contributed by atoms with Gasteiger partial charge in [-0.05, 0) is 62.6 Å². The Morgan fingerprint density at radius 2 is 1.58 bits per heavy atom. The number of ether oxygens (including phenoxy) is 2. The van der Waals surface area contributed by atoms with Crippen molar-refractivity contribution in [3.8, 4) is 11.5 Å². The number of hydrogen-bond donors (Lipinski definition) is 0. The van der Waals surface area contributed by atoms with Gasteiger partial charge in [-0.1, -0.05) is 17.7 Å². The first-order chi connectivity index (χ1) is 12.4. The molecule has 0 amide bonds. The largest absolute Gasteiger partial charge is 0.497 e. The fourth-order valence-corrected chi connectivity index (χ4v) is 4.94. The lowest BCUT2D eigenvalue weighted by molar-refractivity contribution is 0.135. The van der Waals surface area contributed by atoms with Gasteiger partial charge in [0.2, 0.25) is 10.0 Å². The van der Waals surface area contributed by atoms with Crippen LogP contribution in [0.15, 0.2) is 47.4 Å². The van der Waals surface area contributed by atoms with E-state index in [0.29, 0.717) is 30.8 Å². The molecular weight excluding hydrogens is 350 g/mol. The Labute approximate surface area is 155 Å². The fourth-order valence-electron chi connectivity index (χ4n) is 3.26. The summed E-state index contributed by atoms with van der Waals surface area (Å²) in [6, 6.07) is 12.9. The third-order valence-electron chi connectivity index (χ3n) is 4.71. The number of piperidine rings is 1. The summed E-state index contributed by atoms with van der Waals surface area (Å²) in [4.78, 5) is 0.401. The molecule has 6 heteroatoms. The number of benzene rings is 2. The highest BCUT2D eigenvalue weighted by Crippen LogP contribution is 2.26. The van der Waals surface area contributed by atoms with E-state index >= 15 is 0 Å². The van der Waals surface area contributed by atoms with E-state index in [1.54, 1.807) is 17.5 Å². The monoisotopic (exact) mass is 375 g/mol. The fraction of sp³-hybridized carbons (Fsp3) is 0.400. The van der Waals surface area contributed by atoms with Gasteiger partial charge in [0.15, 0.2) is 0 Å². The number of rotatable bonds is 5. The summed E-state index contributed by atoms with van der Waals surface area (Å²) in [5, 5.41) is 0. The molecule has 2 aromatic rings. The zero-order valence-corrected chi connectivity index (χ0v) is 16.3. The first kappa shape index (κ1) is 18.7. The zero-order chi connectivity index (χ0) is 18.7. The van der Waals surface area contributed by atoms with Gasteiger partial charge in [-0.15, -0.1) is 0 Å². The van der Waals surface area contributed by atoms with Gasteiger partial charge in [0.25, 0.3) is 0 Å². The second kappa shape index (κ2) is 7.68. The molecule has 0 aliphatic carbocycles. The summed E-state index contributed by atoms with van der Waals surface area (Å²) in [5.41, 5.74) is 1.86. The molecule has 1 aliphatic heterocycles. The van der Waals surface area contributed by atoms with Gasteiger partial charge in [0, 0.05) is 13.1 Å². The minimum absolute atomic E-state index is 0.0222. The van der Waals surface area contributed by atoms with E-state index < -0.39 is 10.0 Å². The molecule has 3 rings (SSSR count). The molecule has 0 atom stereocenters. The molecule has 0 radical (unpaired) electrons. The van der Waals surface area contributed by atoms with Gasteiger partial charge in [0.1, 0.15) is 17.6 Å². The second-order valence-electron chi connectivity index (χ2n) is 6.67. The van der Waals surface area contributed by atoms with Gasteiger partial charge < -0.3 is 9.47 Å². The number of hydrogen-bond acceptors (Lipinski definition) is 4. The summed E-state index contributed by atoms with van der Waals surface area (Å²) >= 11 is 0. The normalized spacial score (nSPS) is 16.4. The van der Waals surface area contributed by atoms with Crippen LogP contribution in [0.1, 0.15) is 24.0 Å². The molecule has 0 N–H and O–H groups in total. The van der Waals surface area contributed by atoms with Crippen molar-refractivity contribution in [3.63, 3.8) is 0 Å². The van der Waals surface area contributed by atoms with Gasteiger partial charge in [0.05, 0.1) is 12.0 Å². The van der Waals surface area contributed by atoms with Crippen molar-refractivity contribution in [3.05, 3.63) is 53.6 Å². The van der Waals surface area contributed by atoms with E-state index in [1.807, 2.05) is 50.2 Å². The predicted octanol–water partition coefficient (Wildman–Crippen LogP) is 3.54. The quantitative estimate of drug-likeness (QED) is 0.802. The van der Waals surface area contributed by atoms with Crippen LogP contribution >= 0.6 is 0 Å². The molecule has 0 aromatic heterocycles. The Morgan fingerprint density at radius 3 is 2.15 bits per heavy atom. The highest BCUT2D eigenvalue weighted by atomic mass is 32.2. The van der Waals surface area contributed by atoms with Crippen LogP contribution in [-0.4, -0.2) is 39.0 Å². The lowest BCUT2D eigenvalue weighted by Crippen LogP contribution is -2.41. The maximum absolute atomic E-state index is 12.9. The summed E-state index contributed by atoms with van der Waals surface area (Å²) in [7, 11) is -1.83. The summed E-state index contributed by atoms with van der Waals surface area (Å²) in [5.74, 6) is 1.56. The van der Waals surface area contributed by atoms with Crippen LogP contribution in [0.4, 0.5) is 0 Å². The summed E-state index contributed by atoms with van der Waals surface area (Å²) < 4.78 is 38.5. The molecular formula is C20H25NO4S. The van der Waals surface area contributed by atoms with Crippen LogP contribution in [-0.2, 0) is 10.0 Å². The molecule has 1 heterocycles. The minimum atomic E-state index is -3.45. The number of sulfonamides is 1. The van der Waals surface area contributed by atoms with Crippen molar-refractivity contribution in [1.82, 2.24) is 4.31 Å². The van der Waals surface area contributed by atoms with Crippen LogP contribution in [0, 0.1) is 13.8 Å². The minimum Gasteiger partial charge on any atom is -0.497 e. The molecule has 0 spiro atoms. The van der Waals surface area contributed by atoms with Crippen LogP contribution in [0.25, 0.3) is 0 Å². The van der Waals surface area contributed by atoms with E-state index in [4.69, 9.17) is 9.47 Å². The lowest BCUT2D eigenvalue weighted by Gasteiger charge is -2.31. The van der Waals surface area contributed by atoms with Crippen molar-refractivity contribution in [2.24, 2.45) is 0 Å². The average molecular weight is 375 g/mol. The first-order valence-corrected chi connectivity index (χ1v) is 10.2. The Balaban J connectivity index is 1.63. The molecule has 1 fully saturated rings. The third-order valence-corrected chi connectivity index (χ3v) is 6.77. The Morgan fingerprint density at radius 1 is 0.962 bits per heavy atom. The van der Waals surface area contributed by atoms with E-state index in [-0.39, 0.29) is 6.10 Å². The molecule has 0 unspecified atom stereocenters. The van der Waals surface area contributed by atoms with E-state index in [9.17, 15) is 8.42 Å². The van der Waals surface area contributed by atoms with Gasteiger partial charge in [-0.25, -0.2) is 8.42 Å². The molecule has 1 aliphatic rings. The molecule has 26 heavy (non-hydrogen) atoms. The lowest BCUT2D eigenvalue weighted by atomic mass is 10.1. The topological polar surface area (TPSA) is 55.8 Å². The zero-order valence-electron chi connectivity index (χ0n) is 15.4. The first-order valence-electron chi connectivity index (χ1n) is 8.78. The van der Waals surface area contributed by atoms with Gasteiger partial charge >= 0.3 is 0 Å². The Kier molecular flexibility index (Phi) is 5.53. The molecule has 1 saturated heterocycles. The Bertz CT molecular complexity index is 854. The highest BCUT2D eigenvalue weighted by Gasteiger charge is 2.31. The molecule has 140 valence electrons. The van der Waals surface area contributed by atoms with Gasteiger partial charge in [-0.2, -0.15) is 4.31 Å². The molecule has 5 nitrogen and oxygen atoms in total. The standard InChI is InChI=1S/C20H25NO4S/c1-15-4-9-20(16(2)14-15)26(22,23)21-12-10-19(11-13-21)25-18-7-5-17(24-3)6-8-18/h4-9,14,19H,10-13H2,1-3H3. The number of methoxy groups -OCH3 is 1. The van der Waals surface area contributed by atoms with Crippen molar-refractivity contribution >= 4 is 10.0 Å². The van der Waals surface area contributed by atoms with Crippen LogP contribution in [0.3, 0.4) is 0 Å². The van der Waals surface area contributed by atoms with Gasteiger partial charge in [-0.3, -0.25) is 0 Å². The van der Waals surface area contributed by atoms with Crippen molar-refractivity contribution < 1.29 is 17.9 Å².